The highest BCUT2D eigenvalue weighted by molar-refractivity contribution is 6.58. The third kappa shape index (κ3) is 2.73. The van der Waals surface area contributed by atoms with E-state index in [1.165, 1.54) is 7.85 Å². The third-order valence-corrected chi connectivity index (χ3v) is 1.43. The van der Waals surface area contributed by atoms with Crippen LogP contribution in [-0.2, 0) is 0 Å². The van der Waals surface area contributed by atoms with Gasteiger partial charge in [0.25, 0.3) is 0 Å². The molecule has 64 valence electrons. The number of nitrogens with zero attached hydrogens (tertiary/aromatic N) is 1. The SMILES string of the molecule is BC(=O)/N=C(\CO)c1cc#ccc1. The number of aliphatic imine (C=N–C) groups is 1. The Morgan fingerprint density at radius 2 is 2.38 bits per heavy atom. The summed E-state index contributed by atoms with van der Waals surface area (Å²) in [5, 5.41) is 8.92. The Labute approximate surface area is 77.5 Å². The van der Waals surface area contributed by atoms with E-state index in [2.05, 4.69) is 17.1 Å². The van der Waals surface area contributed by atoms with Crippen molar-refractivity contribution in [3.05, 3.63) is 35.9 Å². The first-order valence-electron chi connectivity index (χ1n) is 3.81. The maximum Gasteiger partial charge on any atom is 0.218 e. The molecule has 0 bridgehead atoms. The van der Waals surface area contributed by atoms with Crippen molar-refractivity contribution >= 4 is 19.4 Å². The third-order valence-electron chi connectivity index (χ3n) is 1.43. The number of carbonyl (C=O) groups is 1. The molecule has 1 aromatic rings. The quantitative estimate of drug-likeness (QED) is 0.498. The summed E-state index contributed by atoms with van der Waals surface area (Å²) in [7, 11) is 1.34. The molecule has 1 N–H and O–H groups in total. The highest BCUT2D eigenvalue weighted by atomic mass is 16.3. The number of aliphatic hydroxyl groups is 1. The minimum Gasteiger partial charge on any atom is -0.390 e. The Morgan fingerprint density at radius 1 is 1.62 bits per heavy atom. The van der Waals surface area contributed by atoms with Gasteiger partial charge < -0.3 is 5.11 Å². The predicted molar refractivity (Wildman–Crippen MR) is 51.7 cm³/mol. The highest BCUT2D eigenvalue weighted by Crippen LogP contribution is 1.98. The van der Waals surface area contributed by atoms with Crippen LogP contribution < -0.4 is 0 Å². The van der Waals surface area contributed by atoms with E-state index in [1.54, 1.807) is 18.2 Å². The number of carbonyl (C=O) groups excluding carboxylic acids is 1. The average molecular weight is 173 g/mol. The van der Waals surface area contributed by atoms with E-state index < -0.39 is 0 Å². The molecule has 0 aliphatic carbocycles. The van der Waals surface area contributed by atoms with Crippen molar-refractivity contribution < 1.29 is 9.90 Å². The lowest BCUT2D eigenvalue weighted by Crippen LogP contribution is -2.08. The summed E-state index contributed by atoms with van der Waals surface area (Å²) in [6, 6.07) is 10.4. The molecule has 0 aliphatic heterocycles. The normalized spacial score (nSPS) is 10.7. The molecule has 0 radical (unpaired) electrons. The lowest BCUT2D eigenvalue weighted by Gasteiger charge is -1.99. The van der Waals surface area contributed by atoms with Gasteiger partial charge in [-0.2, -0.15) is 0 Å². The van der Waals surface area contributed by atoms with Crippen LogP contribution in [0.5, 0.6) is 0 Å². The molecule has 1 aromatic carbocycles. The van der Waals surface area contributed by atoms with Gasteiger partial charge in [0, 0.05) is 5.56 Å². The zero-order valence-corrected chi connectivity index (χ0v) is 7.24. The van der Waals surface area contributed by atoms with Crippen molar-refractivity contribution in [3.8, 4) is 0 Å². The predicted octanol–water partition coefficient (Wildman–Crippen LogP) is -0.179. The van der Waals surface area contributed by atoms with Crippen LogP contribution in [0, 0.1) is 12.1 Å². The molecule has 1 rings (SSSR count). The largest absolute Gasteiger partial charge is 0.390 e. The zero-order valence-electron chi connectivity index (χ0n) is 7.24. The van der Waals surface area contributed by atoms with Crippen molar-refractivity contribution in [1.82, 2.24) is 0 Å². The molecule has 1 amide bonds. The fraction of sp³-hybridized carbons (Fsp3) is 0.111. The van der Waals surface area contributed by atoms with E-state index >= 15 is 0 Å². The summed E-state index contributed by atoms with van der Waals surface area (Å²) in [5.41, 5.74) is 1.05. The van der Waals surface area contributed by atoms with Crippen molar-refractivity contribution in [3.63, 3.8) is 0 Å². The van der Waals surface area contributed by atoms with Crippen LogP contribution in [0.1, 0.15) is 5.56 Å². The summed E-state index contributed by atoms with van der Waals surface area (Å²) < 4.78 is 0. The molecule has 0 spiro atoms. The smallest absolute Gasteiger partial charge is 0.218 e. The number of hydrogen-bond donors (Lipinski definition) is 1. The molecule has 0 heterocycles. The molecule has 0 aliphatic rings. The maximum atomic E-state index is 10.7. The fourth-order valence-electron chi connectivity index (χ4n) is 0.908. The Morgan fingerprint density at radius 3 is 2.85 bits per heavy atom. The van der Waals surface area contributed by atoms with Gasteiger partial charge in [-0.15, -0.1) is 0 Å². The molecule has 0 fully saturated rings. The molecular weight excluding hydrogens is 165 g/mol. The number of hydrogen-bond acceptors (Lipinski definition) is 2. The Bertz CT molecular complexity index is 322. The van der Waals surface area contributed by atoms with Gasteiger partial charge in [-0.1, -0.05) is 12.1 Å². The van der Waals surface area contributed by atoms with E-state index in [9.17, 15) is 4.79 Å². The van der Waals surface area contributed by atoms with Crippen LogP contribution in [0.3, 0.4) is 0 Å². The van der Waals surface area contributed by atoms with Crippen molar-refractivity contribution in [1.29, 1.82) is 0 Å². The van der Waals surface area contributed by atoms with Crippen LogP contribution >= 0.6 is 0 Å². The van der Waals surface area contributed by atoms with Gasteiger partial charge in [0.2, 0.25) is 7.85 Å². The van der Waals surface area contributed by atoms with Gasteiger partial charge >= 0.3 is 0 Å². The van der Waals surface area contributed by atoms with Crippen molar-refractivity contribution in [2.45, 2.75) is 0 Å². The van der Waals surface area contributed by atoms with E-state index in [0.29, 0.717) is 11.3 Å². The Kier molecular flexibility index (Phi) is 3.24. The average Bonchev–Trinajstić information content (AvgIpc) is 2.15. The van der Waals surface area contributed by atoms with Gasteiger partial charge in [0.15, 0.2) is 5.81 Å². The fourth-order valence-corrected chi connectivity index (χ4v) is 0.908. The van der Waals surface area contributed by atoms with Crippen LogP contribution in [0.2, 0.25) is 0 Å². The van der Waals surface area contributed by atoms with Crippen molar-refractivity contribution in [2.24, 2.45) is 4.99 Å². The molecule has 3 nitrogen and oxygen atoms in total. The number of amides is 1. The van der Waals surface area contributed by atoms with E-state index in [-0.39, 0.29) is 12.4 Å². The monoisotopic (exact) mass is 173 g/mol. The topological polar surface area (TPSA) is 49.7 Å². The molecule has 13 heavy (non-hydrogen) atoms. The second kappa shape index (κ2) is 4.44. The number of rotatable bonds is 2. The molecule has 0 saturated heterocycles. The molecule has 0 unspecified atom stereocenters. The van der Waals surface area contributed by atoms with Gasteiger partial charge in [0.05, 0.1) is 12.3 Å². The summed E-state index contributed by atoms with van der Waals surface area (Å²) >= 11 is 0. The van der Waals surface area contributed by atoms with Crippen LogP contribution in [-0.4, -0.2) is 31.1 Å². The van der Waals surface area contributed by atoms with Crippen LogP contribution in [0.25, 0.3) is 0 Å². The summed E-state index contributed by atoms with van der Waals surface area (Å²) in [6.45, 7) is -0.253. The second-order valence-corrected chi connectivity index (χ2v) is 2.46. The molecule has 0 saturated carbocycles. The first-order chi connectivity index (χ1) is 6.24. The highest BCUT2D eigenvalue weighted by Gasteiger charge is 2.01. The van der Waals surface area contributed by atoms with E-state index in [4.69, 9.17) is 5.11 Å². The molecule has 4 heteroatoms. The minimum absolute atomic E-state index is 0.253. The summed E-state index contributed by atoms with van der Waals surface area (Å²) in [4.78, 5) is 14.3. The molecular formula is C9H8BNO2. The second-order valence-electron chi connectivity index (χ2n) is 2.46. The van der Waals surface area contributed by atoms with Gasteiger partial charge in [-0.25, -0.2) is 4.99 Å². The van der Waals surface area contributed by atoms with E-state index in [0.717, 1.165) is 0 Å². The summed E-state index contributed by atoms with van der Waals surface area (Å²) in [5.74, 6) is -0.322. The first-order valence-corrected chi connectivity index (χ1v) is 3.81. The standard InChI is InChI=1S/C9H8BNO2/c10-9(13)11-8(6-12)7-4-2-1-3-5-7/h2,4-5,12H,6,10H2/b11-8+. The Balaban J connectivity index is 2.98. The maximum absolute atomic E-state index is 10.7. The molecule has 0 atom stereocenters. The van der Waals surface area contributed by atoms with Crippen molar-refractivity contribution in [2.75, 3.05) is 6.61 Å². The van der Waals surface area contributed by atoms with Crippen LogP contribution in [0.4, 0.5) is 4.79 Å². The first kappa shape index (κ1) is 9.49. The number of aliphatic hydroxyl groups excluding tert-OH is 1. The minimum atomic E-state index is -0.322. The van der Waals surface area contributed by atoms with Gasteiger partial charge in [-0.05, 0) is 18.2 Å². The zero-order chi connectivity index (χ0) is 9.68. The van der Waals surface area contributed by atoms with Gasteiger partial charge in [0.1, 0.15) is 0 Å². The van der Waals surface area contributed by atoms with Crippen LogP contribution in [0.15, 0.2) is 23.2 Å². The van der Waals surface area contributed by atoms with Gasteiger partial charge in [-0.3, -0.25) is 4.79 Å². The molecule has 0 aromatic heterocycles. The lowest BCUT2D eigenvalue weighted by atomic mass is 10.1. The lowest BCUT2D eigenvalue weighted by molar-refractivity contribution is 0.266. The Hall–Kier alpha value is -1.60. The summed E-state index contributed by atoms with van der Waals surface area (Å²) in [6.07, 6.45) is 0. The van der Waals surface area contributed by atoms with E-state index in [1.807, 2.05) is 0 Å².